The largest absolute Gasteiger partial charge is 0.462 e. The van der Waals surface area contributed by atoms with Gasteiger partial charge in [0.15, 0.2) is 5.82 Å². The van der Waals surface area contributed by atoms with Crippen LogP contribution in [-0.4, -0.2) is 36.4 Å². The molecule has 23 heavy (non-hydrogen) atoms. The second kappa shape index (κ2) is 6.63. The first kappa shape index (κ1) is 17.4. The monoisotopic (exact) mass is 355 g/mol. The summed E-state index contributed by atoms with van der Waals surface area (Å²) in [7, 11) is -3.99. The summed E-state index contributed by atoms with van der Waals surface area (Å²) in [5, 5.41) is 4.17. The fourth-order valence-electron chi connectivity index (χ4n) is 1.92. The molecule has 0 aliphatic heterocycles. The average Bonchev–Trinajstić information content (AvgIpc) is 2.85. The third kappa shape index (κ3) is 3.20. The number of rotatable bonds is 5. The maximum absolute atomic E-state index is 12.7. The molecule has 2 aromatic rings. The maximum atomic E-state index is 12.7. The van der Waals surface area contributed by atoms with Crippen molar-refractivity contribution in [3.8, 4) is 0 Å². The van der Waals surface area contributed by atoms with Crippen molar-refractivity contribution in [2.24, 2.45) is 0 Å². The SMILES string of the molecule is CCOC(=O)c1c(SC)nn(S(=O)(=O)c2ccc(C)cc2)c1N. The van der Waals surface area contributed by atoms with Gasteiger partial charge in [0.25, 0.3) is 10.0 Å². The van der Waals surface area contributed by atoms with E-state index in [0.717, 1.165) is 17.3 Å². The van der Waals surface area contributed by atoms with Crippen LogP contribution < -0.4 is 5.73 Å². The molecule has 124 valence electrons. The smallest absolute Gasteiger partial charge is 0.344 e. The van der Waals surface area contributed by atoms with Gasteiger partial charge in [-0.1, -0.05) is 17.7 Å². The number of hydrogen-bond donors (Lipinski definition) is 1. The Labute approximate surface area is 138 Å². The standard InChI is InChI=1S/C14H17N3O4S2/c1-4-21-14(18)11-12(15)17(16-13(11)22-3)23(19,20)10-7-5-9(2)6-8-10/h5-8H,4,15H2,1-3H3. The highest BCUT2D eigenvalue weighted by atomic mass is 32.2. The Morgan fingerprint density at radius 2 is 1.96 bits per heavy atom. The van der Waals surface area contributed by atoms with Crippen LogP contribution in [0.5, 0.6) is 0 Å². The summed E-state index contributed by atoms with van der Waals surface area (Å²) >= 11 is 1.12. The Balaban J connectivity index is 2.59. The minimum atomic E-state index is -3.99. The van der Waals surface area contributed by atoms with E-state index in [-0.39, 0.29) is 27.9 Å². The first-order valence-corrected chi connectivity index (χ1v) is 9.41. The van der Waals surface area contributed by atoms with Crippen LogP contribution in [0, 0.1) is 6.92 Å². The van der Waals surface area contributed by atoms with Gasteiger partial charge in [-0.05, 0) is 32.2 Å². The molecule has 2 N–H and O–H groups in total. The van der Waals surface area contributed by atoms with Crippen molar-refractivity contribution in [1.82, 2.24) is 9.19 Å². The van der Waals surface area contributed by atoms with Gasteiger partial charge in [0.05, 0.1) is 11.5 Å². The van der Waals surface area contributed by atoms with Crippen LogP contribution in [-0.2, 0) is 14.8 Å². The Morgan fingerprint density at radius 3 is 2.48 bits per heavy atom. The van der Waals surface area contributed by atoms with E-state index in [4.69, 9.17) is 10.5 Å². The summed E-state index contributed by atoms with van der Waals surface area (Å²) in [6.07, 6.45) is 1.67. The molecule has 0 amide bonds. The van der Waals surface area contributed by atoms with Crippen molar-refractivity contribution in [1.29, 1.82) is 0 Å². The molecule has 0 atom stereocenters. The van der Waals surface area contributed by atoms with Crippen molar-refractivity contribution in [2.45, 2.75) is 23.8 Å². The number of carbonyl (C=O) groups is 1. The van der Waals surface area contributed by atoms with Gasteiger partial charge in [-0.25, -0.2) is 4.79 Å². The molecule has 0 aliphatic carbocycles. The molecular formula is C14H17N3O4S2. The molecule has 0 aliphatic rings. The van der Waals surface area contributed by atoms with Gasteiger partial charge < -0.3 is 10.5 Å². The van der Waals surface area contributed by atoms with E-state index in [1.165, 1.54) is 12.1 Å². The fraction of sp³-hybridized carbons (Fsp3) is 0.286. The summed E-state index contributed by atoms with van der Waals surface area (Å²) in [5.74, 6) is -0.951. The minimum Gasteiger partial charge on any atom is -0.462 e. The van der Waals surface area contributed by atoms with Gasteiger partial charge in [-0.3, -0.25) is 0 Å². The van der Waals surface area contributed by atoms with E-state index < -0.39 is 16.0 Å². The van der Waals surface area contributed by atoms with Crippen molar-refractivity contribution < 1.29 is 17.9 Å². The van der Waals surface area contributed by atoms with E-state index in [1.54, 1.807) is 25.3 Å². The number of benzene rings is 1. The zero-order valence-corrected chi connectivity index (χ0v) is 14.6. The van der Waals surface area contributed by atoms with Gasteiger partial charge >= 0.3 is 5.97 Å². The predicted molar refractivity (Wildman–Crippen MR) is 88.1 cm³/mol. The molecule has 7 nitrogen and oxygen atoms in total. The van der Waals surface area contributed by atoms with Gasteiger partial charge in [0, 0.05) is 0 Å². The number of carbonyl (C=O) groups excluding carboxylic acids is 1. The lowest BCUT2D eigenvalue weighted by molar-refractivity contribution is 0.0523. The van der Waals surface area contributed by atoms with Crippen LogP contribution in [0.25, 0.3) is 0 Å². The number of aromatic nitrogens is 2. The summed E-state index contributed by atoms with van der Waals surface area (Å²) in [5.41, 5.74) is 6.76. The number of thioether (sulfide) groups is 1. The summed E-state index contributed by atoms with van der Waals surface area (Å²) in [4.78, 5) is 12.0. The quantitative estimate of drug-likeness (QED) is 0.645. The van der Waals surface area contributed by atoms with Crippen LogP contribution in [0.15, 0.2) is 34.2 Å². The lowest BCUT2D eigenvalue weighted by atomic mass is 10.2. The molecule has 1 heterocycles. The number of anilines is 1. The minimum absolute atomic E-state index is 0.0324. The number of hydrogen-bond acceptors (Lipinski definition) is 7. The van der Waals surface area contributed by atoms with Crippen molar-refractivity contribution in [3.05, 3.63) is 35.4 Å². The first-order valence-electron chi connectivity index (χ1n) is 6.74. The number of nitrogens with zero attached hydrogens (tertiary/aromatic N) is 2. The molecule has 0 bridgehead atoms. The highest BCUT2D eigenvalue weighted by Gasteiger charge is 2.29. The van der Waals surface area contributed by atoms with Crippen molar-refractivity contribution >= 4 is 33.6 Å². The number of nitrogens with two attached hydrogens (primary N) is 1. The maximum Gasteiger partial charge on any atom is 0.344 e. The van der Waals surface area contributed by atoms with E-state index in [2.05, 4.69) is 5.10 Å². The van der Waals surface area contributed by atoms with Crippen LogP contribution in [0.2, 0.25) is 0 Å². The van der Waals surface area contributed by atoms with Gasteiger partial charge in [-0.15, -0.1) is 20.9 Å². The molecule has 1 aromatic carbocycles. The Kier molecular flexibility index (Phi) is 5.00. The molecular weight excluding hydrogens is 338 g/mol. The summed E-state index contributed by atoms with van der Waals surface area (Å²) in [6, 6.07) is 6.28. The lowest BCUT2D eigenvalue weighted by Crippen LogP contribution is -2.18. The zero-order valence-electron chi connectivity index (χ0n) is 12.9. The van der Waals surface area contributed by atoms with E-state index in [0.29, 0.717) is 4.09 Å². The molecule has 0 saturated heterocycles. The number of ether oxygens (including phenoxy) is 1. The van der Waals surface area contributed by atoms with Crippen LogP contribution in [0.3, 0.4) is 0 Å². The Morgan fingerprint density at radius 1 is 1.35 bits per heavy atom. The predicted octanol–water partition coefficient (Wildman–Crippen LogP) is 1.91. The molecule has 9 heteroatoms. The Hall–Kier alpha value is -2.00. The van der Waals surface area contributed by atoms with Crippen LogP contribution in [0.4, 0.5) is 5.82 Å². The van der Waals surface area contributed by atoms with Gasteiger partial charge in [0.1, 0.15) is 10.6 Å². The van der Waals surface area contributed by atoms with E-state index in [1.807, 2.05) is 6.92 Å². The Bertz CT molecular complexity index is 826. The number of aryl methyl sites for hydroxylation is 1. The molecule has 1 aromatic heterocycles. The van der Waals surface area contributed by atoms with Crippen LogP contribution in [0.1, 0.15) is 22.8 Å². The van der Waals surface area contributed by atoms with Gasteiger partial charge in [0.2, 0.25) is 0 Å². The van der Waals surface area contributed by atoms with E-state index in [9.17, 15) is 13.2 Å². The molecule has 0 fully saturated rings. The summed E-state index contributed by atoms with van der Waals surface area (Å²) in [6.45, 7) is 3.66. The zero-order chi connectivity index (χ0) is 17.2. The molecule has 0 spiro atoms. The highest BCUT2D eigenvalue weighted by Crippen LogP contribution is 2.28. The summed E-state index contributed by atoms with van der Waals surface area (Å²) < 4.78 is 31.0. The van der Waals surface area contributed by atoms with Crippen molar-refractivity contribution in [2.75, 3.05) is 18.6 Å². The molecule has 0 radical (unpaired) electrons. The topological polar surface area (TPSA) is 104 Å². The lowest BCUT2D eigenvalue weighted by Gasteiger charge is -2.07. The van der Waals surface area contributed by atoms with Crippen molar-refractivity contribution in [3.63, 3.8) is 0 Å². The normalized spacial score (nSPS) is 11.4. The number of esters is 1. The third-order valence-corrected chi connectivity index (χ3v) is 5.35. The second-order valence-corrected chi connectivity index (χ2v) is 7.21. The number of nitrogen functional groups attached to an aromatic ring is 1. The third-order valence-electron chi connectivity index (χ3n) is 3.08. The van der Waals surface area contributed by atoms with Gasteiger partial charge in [-0.2, -0.15) is 8.42 Å². The average molecular weight is 355 g/mol. The molecule has 0 unspecified atom stereocenters. The highest BCUT2D eigenvalue weighted by molar-refractivity contribution is 7.98. The second-order valence-electron chi connectivity index (χ2n) is 4.65. The molecule has 2 rings (SSSR count). The molecule has 0 saturated carbocycles. The first-order chi connectivity index (χ1) is 10.8. The van der Waals surface area contributed by atoms with Crippen LogP contribution >= 0.6 is 11.8 Å². The fourth-order valence-corrected chi connectivity index (χ4v) is 3.75. The van der Waals surface area contributed by atoms with E-state index >= 15 is 0 Å².